The Bertz CT molecular complexity index is 511. The summed E-state index contributed by atoms with van der Waals surface area (Å²) < 4.78 is 1.55. The van der Waals surface area contributed by atoms with E-state index in [4.69, 9.17) is 0 Å². The molecule has 0 aromatic heterocycles. The molecule has 1 aromatic rings. The SMILES string of the molecule is CC(C)(C)C(NC(=O)c1cc(Br)ccc1I)C(=O)O. The summed E-state index contributed by atoms with van der Waals surface area (Å²) in [6.45, 7) is 5.33. The molecule has 0 heterocycles. The molecule has 104 valence electrons. The van der Waals surface area contributed by atoms with Crippen LogP contribution in [0.25, 0.3) is 0 Å². The molecule has 1 unspecified atom stereocenters. The number of aliphatic carboxylic acids is 1. The molecule has 1 rings (SSSR count). The molecule has 0 saturated carbocycles. The van der Waals surface area contributed by atoms with Crippen molar-refractivity contribution in [1.82, 2.24) is 5.32 Å². The Morgan fingerprint density at radius 2 is 1.95 bits per heavy atom. The van der Waals surface area contributed by atoms with E-state index in [9.17, 15) is 14.7 Å². The van der Waals surface area contributed by atoms with E-state index < -0.39 is 17.4 Å². The molecule has 0 radical (unpaired) electrons. The molecule has 2 N–H and O–H groups in total. The van der Waals surface area contributed by atoms with Gasteiger partial charge in [-0.05, 0) is 46.2 Å². The fourth-order valence-electron chi connectivity index (χ4n) is 1.53. The maximum absolute atomic E-state index is 12.2. The van der Waals surface area contributed by atoms with Crippen molar-refractivity contribution in [2.24, 2.45) is 5.41 Å². The van der Waals surface area contributed by atoms with Crippen molar-refractivity contribution >= 4 is 50.4 Å². The van der Waals surface area contributed by atoms with Crippen molar-refractivity contribution in [2.45, 2.75) is 26.8 Å². The van der Waals surface area contributed by atoms with Crippen LogP contribution in [0.4, 0.5) is 0 Å². The van der Waals surface area contributed by atoms with Crippen LogP contribution in [0.3, 0.4) is 0 Å². The first-order chi connectivity index (χ1) is 8.62. The van der Waals surface area contributed by atoms with Gasteiger partial charge < -0.3 is 10.4 Å². The molecule has 6 heteroatoms. The molecule has 0 aliphatic rings. The van der Waals surface area contributed by atoms with Crippen LogP contribution in [0.15, 0.2) is 22.7 Å². The number of rotatable bonds is 3. The molecule has 0 fully saturated rings. The van der Waals surface area contributed by atoms with Gasteiger partial charge in [0, 0.05) is 8.04 Å². The predicted octanol–water partition coefficient (Wildman–Crippen LogP) is 3.28. The van der Waals surface area contributed by atoms with Crippen LogP contribution < -0.4 is 5.32 Å². The summed E-state index contributed by atoms with van der Waals surface area (Å²) in [6, 6.07) is 4.37. The summed E-state index contributed by atoms with van der Waals surface area (Å²) in [6.07, 6.45) is 0. The van der Waals surface area contributed by atoms with Crippen molar-refractivity contribution in [3.05, 3.63) is 31.8 Å². The van der Waals surface area contributed by atoms with E-state index in [0.29, 0.717) is 5.56 Å². The van der Waals surface area contributed by atoms with Gasteiger partial charge in [0.05, 0.1) is 5.56 Å². The minimum atomic E-state index is -1.04. The normalized spacial score (nSPS) is 12.9. The van der Waals surface area contributed by atoms with E-state index in [1.54, 1.807) is 32.9 Å². The predicted molar refractivity (Wildman–Crippen MR) is 85.2 cm³/mol. The van der Waals surface area contributed by atoms with Gasteiger partial charge in [-0.2, -0.15) is 0 Å². The van der Waals surface area contributed by atoms with Gasteiger partial charge in [-0.25, -0.2) is 4.79 Å². The molecule has 1 aromatic carbocycles. The van der Waals surface area contributed by atoms with E-state index in [1.165, 1.54) is 0 Å². The molecule has 1 amide bonds. The Morgan fingerprint density at radius 1 is 1.37 bits per heavy atom. The zero-order chi connectivity index (χ0) is 14.8. The lowest BCUT2D eigenvalue weighted by Crippen LogP contribution is -2.49. The van der Waals surface area contributed by atoms with Gasteiger partial charge >= 0.3 is 5.97 Å². The Labute approximate surface area is 134 Å². The number of hydrogen-bond acceptors (Lipinski definition) is 2. The molecule has 0 aliphatic carbocycles. The van der Waals surface area contributed by atoms with Crippen LogP contribution in [0.2, 0.25) is 0 Å². The van der Waals surface area contributed by atoms with Crippen LogP contribution in [-0.4, -0.2) is 23.0 Å². The standard InChI is InChI=1S/C13H15BrINO3/c1-13(2,3)10(12(18)19)16-11(17)8-6-7(14)4-5-9(8)15/h4-6,10H,1-3H3,(H,16,17)(H,18,19). The van der Waals surface area contributed by atoms with Crippen LogP contribution in [0, 0.1) is 8.99 Å². The number of nitrogens with one attached hydrogen (secondary N) is 1. The summed E-state index contributed by atoms with van der Waals surface area (Å²) >= 11 is 5.35. The summed E-state index contributed by atoms with van der Waals surface area (Å²) in [5.74, 6) is -1.42. The van der Waals surface area contributed by atoms with Gasteiger partial charge in [-0.1, -0.05) is 36.7 Å². The van der Waals surface area contributed by atoms with Gasteiger partial charge in [0.25, 0.3) is 5.91 Å². The lowest BCUT2D eigenvalue weighted by molar-refractivity contribution is -0.142. The van der Waals surface area contributed by atoms with E-state index in [2.05, 4.69) is 21.2 Å². The number of halogens is 2. The highest BCUT2D eigenvalue weighted by Crippen LogP contribution is 2.22. The third-order valence-corrected chi connectivity index (χ3v) is 4.00. The molecule has 0 bridgehead atoms. The Hall–Kier alpha value is -0.630. The number of benzene rings is 1. The van der Waals surface area contributed by atoms with E-state index in [0.717, 1.165) is 8.04 Å². The van der Waals surface area contributed by atoms with Gasteiger partial charge in [0.2, 0.25) is 0 Å². The van der Waals surface area contributed by atoms with Gasteiger partial charge in [0.15, 0.2) is 0 Å². The Morgan fingerprint density at radius 3 is 2.42 bits per heavy atom. The molecule has 0 spiro atoms. The minimum Gasteiger partial charge on any atom is -0.480 e. The molecule has 4 nitrogen and oxygen atoms in total. The Kier molecular flexibility index (Phi) is 5.37. The van der Waals surface area contributed by atoms with Crippen molar-refractivity contribution in [2.75, 3.05) is 0 Å². The molecular formula is C13H15BrINO3. The molecule has 19 heavy (non-hydrogen) atoms. The van der Waals surface area contributed by atoms with E-state index >= 15 is 0 Å². The van der Waals surface area contributed by atoms with Gasteiger partial charge in [-0.3, -0.25) is 4.79 Å². The number of carboxylic acids is 1. The average Bonchev–Trinajstić information content (AvgIpc) is 2.26. The van der Waals surface area contributed by atoms with Crippen LogP contribution in [0.1, 0.15) is 31.1 Å². The van der Waals surface area contributed by atoms with Crippen LogP contribution in [-0.2, 0) is 4.79 Å². The average molecular weight is 440 g/mol. The maximum atomic E-state index is 12.2. The highest BCUT2D eigenvalue weighted by atomic mass is 127. The first-order valence-corrected chi connectivity index (χ1v) is 7.49. The summed E-state index contributed by atoms with van der Waals surface area (Å²) in [7, 11) is 0. The second kappa shape index (κ2) is 6.21. The van der Waals surface area contributed by atoms with Crippen molar-refractivity contribution in [3.8, 4) is 0 Å². The highest BCUT2D eigenvalue weighted by Gasteiger charge is 2.33. The molecule has 0 aliphatic heterocycles. The number of hydrogen-bond donors (Lipinski definition) is 2. The number of carboxylic acid groups (broad SMARTS) is 1. The van der Waals surface area contributed by atoms with Crippen molar-refractivity contribution < 1.29 is 14.7 Å². The fourth-order valence-corrected chi connectivity index (χ4v) is 2.47. The number of amides is 1. The van der Waals surface area contributed by atoms with Crippen molar-refractivity contribution in [1.29, 1.82) is 0 Å². The van der Waals surface area contributed by atoms with Gasteiger partial charge in [0.1, 0.15) is 6.04 Å². The lowest BCUT2D eigenvalue weighted by Gasteiger charge is -2.27. The third-order valence-electron chi connectivity index (χ3n) is 2.56. The molecular weight excluding hydrogens is 425 g/mol. The monoisotopic (exact) mass is 439 g/mol. The summed E-state index contributed by atoms with van der Waals surface area (Å²) in [4.78, 5) is 23.4. The number of carbonyl (C=O) groups is 2. The molecule has 0 saturated heterocycles. The topological polar surface area (TPSA) is 66.4 Å². The zero-order valence-electron chi connectivity index (χ0n) is 10.8. The van der Waals surface area contributed by atoms with Crippen LogP contribution >= 0.6 is 38.5 Å². The first-order valence-electron chi connectivity index (χ1n) is 5.61. The summed E-state index contributed by atoms with van der Waals surface area (Å²) in [5, 5.41) is 11.8. The Balaban J connectivity index is 3.01. The minimum absolute atomic E-state index is 0.381. The second-order valence-corrected chi connectivity index (χ2v) is 7.31. The third kappa shape index (κ3) is 4.45. The lowest BCUT2D eigenvalue weighted by atomic mass is 9.86. The quantitative estimate of drug-likeness (QED) is 0.710. The maximum Gasteiger partial charge on any atom is 0.326 e. The van der Waals surface area contributed by atoms with Crippen LogP contribution in [0.5, 0.6) is 0 Å². The number of carbonyl (C=O) groups excluding carboxylic acids is 1. The first kappa shape index (κ1) is 16.4. The second-order valence-electron chi connectivity index (χ2n) is 5.23. The largest absolute Gasteiger partial charge is 0.480 e. The van der Waals surface area contributed by atoms with Gasteiger partial charge in [-0.15, -0.1) is 0 Å². The van der Waals surface area contributed by atoms with E-state index in [1.807, 2.05) is 28.7 Å². The fraction of sp³-hybridized carbons (Fsp3) is 0.385. The molecule has 1 atom stereocenters. The zero-order valence-corrected chi connectivity index (χ0v) is 14.6. The van der Waals surface area contributed by atoms with E-state index in [-0.39, 0.29) is 5.91 Å². The summed E-state index contributed by atoms with van der Waals surface area (Å²) in [5.41, 5.74) is -0.0932. The highest BCUT2D eigenvalue weighted by molar-refractivity contribution is 14.1. The smallest absolute Gasteiger partial charge is 0.326 e. The van der Waals surface area contributed by atoms with Crippen molar-refractivity contribution in [3.63, 3.8) is 0 Å².